The maximum Gasteiger partial charge on any atom is 0.161 e. The summed E-state index contributed by atoms with van der Waals surface area (Å²) in [4.78, 5) is 4.39. The molecule has 0 atom stereocenters. The zero-order chi connectivity index (χ0) is 13.7. The molecule has 0 heterocycles. The first-order valence-electron chi connectivity index (χ1n) is 6.23. The van der Waals surface area contributed by atoms with Gasteiger partial charge in [0.15, 0.2) is 11.5 Å². The third-order valence-electron chi connectivity index (χ3n) is 2.91. The molecule has 0 radical (unpaired) electrons. The van der Waals surface area contributed by atoms with Crippen LogP contribution in [0.2, 0.25) is 0 Å². The first-order chi connectivity index (χ1) is 9.22. The number of phenolic OH excluding ortho intramolecular Hbond substituents is 1. The minimum atomic E-state index is 0.131. The van der Waals surface area contributed by atoms with Crippen LogP contribution >= 0.6 is 0 Å². The van der Waals surface area contributed by atoms with Gasteiger partial charge in [0.2, 0.25) is 0 Å². The average molecular weight is 255 g/mol. The molecule has 0 unspecified atom stereocenters. The molecule has 19 heavy (non-hydrogen) atoms. The molecule has 2 aromatic carbocycles. The van der Waals surface area contributed by atoms with Crippen molar-refractivity contribution < 1.29 is 9.84 Å². The summed E-state index contributed by atoms with van der Waals surface area (Å²) in [5.41, 5.74) is 3.09. The lowest BCUT2D eigenvalue weighted by atomic mass is 10.1. The number of aromatic hydroxyl groups is 1. The van der Waals surface area contributed by atoms with Crippen molar-refractivity contribution in [2.75, 3.05) is 7.11 Å². The number of nitrogens with zero attached hydrogens (tertiary/aromatic N) is 1. The predicted octanol–water partition coefficient (Wildman–Crippen LogP) is 3.71. The zero-order valence-electron chi connectivity index (χ0n) is 11.1. The molecule has 0 spiro atoms. The molecule has 3 heteroatoms. The summed E-state index contributed by atoms with van der Waals surface area (Å²) in [6.07, 6.45) is 2.78. The fraction of sp³-hybridized carbons (Fsp3) is 0.188. The van der Waals surface area contributed by atoms with E-state index in [0.717, 1.165) is 17.7 Å². The van der Waals surface area contributed by atoms with E-state index in [2.05, 4.69) is 24.0 Å². The third kappa shape index (κ3) is 3.35. The van der Waals surface area contributed by atoms with Gasteiger partial charge in [-0.3, -0.25) is 4.99 Å². The fourth-order valence-corrected chi connectivity index (χ4v) is 1.74. The summed E-state index contributed by atoms with van der Waals surface area (Å²) in [7, 11) is 1.53. The Morgan fingerprint density at radius 2 is 1.89 bits per heavy atom. The number of aliphatic imine (C=N–C) groups is 1. The summed E-state index contributed by atoms with van der Waals surface area (Å²) in [6.45, 7) is 2.13. The molecular weight excluding hydrogens is 238 g/mol. The fourth-order valence-electron chi connectivity index (χ4n) is 1.74. The van der Waals surface area contributed by atoms with Crippen LogP contribution < -0.4 is 4.74 Å². The zero-order valence-corrected chi connectivity index (χ0v) is 11.1. The second-order valence-corrected chi connectivity index (χ2v) is 4.21. The van der Waals surface area contributed by atoms with Crippen LogP contribution in [0.1, 0.15) is 18.1 Å². The van der Waals surface area contributed by atoms with Crippen molar-refractivity contribution in [3.63, 3.8) is 0 Å². The van der Waals surface area contributed by atoms with Crippen LogP contribution in [0.15, 0.2) is 47.5 Å². The molecule has 3 nitrogen and oxygen atoms in total. The predicted molar refractivity (Wildman–Crippen MR) is 77.7 cm³/mol. The number of phenols is 1. The van der Waals surface area contributed by atoms with E-state index in [4.69, 9.17) is 4.74 Å². The Labute approximate surface area is 113 Å². The van der Waals surface area contributed by atoms with Crippen LogP contribution in [0.25, 0.3) is 0 Å². The van der Waals surface area contributed by atoms with Crippen LogP contribution in [0, 0.1) is 0 Å². The monoisotopic (exact) mass is 255 g/mol. The Bertz CT molecular complexity index is 574. The van der Waals surface area contributed by atoms with Gasteiger partial charge in [-0.2, -0.15) is 0 Å². The van der Waals surface area contributed by atoms with Crippen molar-refractivity contribution in [1.29, 1.82) is 0 Å². The van der Waals surface area contributed by atoms with E-state index >= 15 is 0 Å². The highest BCUT2D eigenvalue weighted by Crippen LogP contribution is 2.25. The van der Waals surface area contributed by atoms with Gasteiger partial charge in [0, 0.05) is 6.21 Å². The Morgan fingerprint density at radius 3 is 2.53 bits per heavy atom. The smallest absolute Gasteiger partial charge is 0.161 e. The molecule has 98 valence electrons. The van der Waals surface area contributed by atoms with E-state index in [1.165, 1.54) is 12.7 Å². The Morgan fingerprint density at radius 1 is 1.16 bits per heavy atom. The molecule has 0 aromatic heterocycles. The van der Waals surface area contributed by atoms with Crippen molar-refractivity contribution in [3.05, 3.63) is 53.6 Å². The summed E-state index contributed by atoms with van der Waals surface area (Å²) in [6, 6.07) is 13.3. The number of methoxy groups -OCH3 is 1. The largest absolute Gasteiger partial charge is 0.504 e. The molecule has 0 aliphatic carbocycles. The van der Waals surface area contributed by atoms with Gasteiger partial charge in [0.05, 0.1) is 12.8 Å². The lowest BCUT2D eigenvalue weighted by Crippen LogP contribution is -1.87. The number of benzene rings is 2. The number of rotatable bonds is 4. The highest BCUT2D eigenvalue weighted by molar-refractivity contribution is 5.83. The lowest BCUT2D eigenvalue weighted by Gasteiger charge is -2.03. The van der Waals surface area contributed by atoms with Gasteiger partial charge in [0.25, 0.3) is 0 Å². The van der Waals surface area contributed by atoms with E-state index < -0.39 is 0 Å². The maximum atomic E-state index is 9.51. The van der Waals surface area contributed by atoms with E-state index in [-0.39, 0.29) is 5.75 Å². The van der Waals surface area contributed by atoms with Gasteiger partial charge >= 0.3 is 0 Å². The first-order valence-corrected chi connectivity index (χ1v) is 6.23. The molecule has 2 aromatic rings. The summed E-state index contributed by atoms with van der Waals surface area (Å²) < 4.78 is 5.06. The minimum absolute atomic E-state index is 0.131. The van der Waals surface area contributed by atoms with Crippen LogP contribution in [0.5, 0.6) is 11.5 Å². The van der Waals surface area contributed by atoms with Gasteiger partial charge in [0.1, 0.15) is 0 Å². The van der Waals surface area contributed by atoms with E-state index in [1.54, 1.807) is 24.4 Å². The third-order valence-corrected chi connectivity index (χ3v) is 2.91. The van der Waals surface area contributed by atoms with E-state index in [9.17, 15) is 5.11 Å². The molecule has 0 aliphatic heterocycles. The highest BCUT2D eigenvalue weighted by atomic mass is 16.5. The van der Waals surface area contributed by atoms with Gasteiger partial charge in [-0.15, -0.1) is 0 Å². The summed E-state index contributed by atoms with van der Waals surface area (Å²) >= 11 is 0. The normalized spacial score (nSPS) is 10.8. The van der Waals surface area contributed by atoms with Crippen LogP contribution in [0.3, 0.4) is 0 Å². The molecule has 0 aliphatic rings. The van der Waals surface area contributed by atoms with Gasteiger partial charge in [-0.1, -0.05) is 19.1 Å². The molecular formula is C16H17NO2. The van der Waals surface area contributed by atoms with Crippen LogP contribution in [0.4, 0.5) is 5.69 Å². The number of hydrogen-bond donors (Lipinski definition) is 1. The minimum Gasteiger partial charge on any atom is -0.504 e. The van der Waals surface area contributed by atoms with Gasteiger partial charge in [-0.05, 0) is 47.9 Å². The second kappa shape index (κ2) is 6.05. The molecule has 0 saturated carbocycles. The molecule has 0 amide bonds. The van der Waals surface area contributed by atoms with Crippen molar-refractivity contribution in [3.8, 4) is 11.5 Å². The second-order valence-electron chi connectivity index (χ2n) is 4.21. The van der Waals surface area contributed by atoms with Crippen molar-refractivity contribution in [2.45, 2.75) is 13.3 Å². The number of ether oxygens (including phenoxy) is 1. The van der Waals surface area contributed by atoms with Crippen molar-refractivity contribution in [2.24, 2.45) is 4.99 Å². The highest BCUT2D eigenvalue weighted by Gasteiger charge is 2.00. The molecule has 0 fully saturated rings. The van der Waals surface area contributed by atoms with Gasteiger partial charge < -0.3 is 9.84 Å². The van der Waals surface area contributed by atoms with E-state index in [0.29, 0.717) is 5.75 Å². The topological polar surface area (TPSA) is 41.8 Å². The number of aryl methyl sites for hydroxylation is 1. The average Bonchev–Trinajstić information content (AvgIpc) is 2.47. The van der Waals surface area contributed by atoms with Gasteiger partial charge in [-0.25, -0.2) is 0 Å². The first kappa shape index (κ1) is 13.1. The molecule has 0 bridgehead atoms. The lowest BCUT2D eigenvalue weighted by molar-refractivity contribution is 0.373. The SMILES string of the molecule is CCc1ccc(N=Cc2ccc(O)c(OC)c2)cc1. The molecule has 2 rings (SSSR count). The van der Waals surface area contributed by atoms with Crippen LogP contribution in [-0.4, -0.2) is 18.4 Å². The van der Waals surface area contributed by atoms with Crippen LogP contribution in [-0.2, 0) is 6.42 Å². The summed E-state index contributed by atoms with van der Waals surface area (Å²) in [5, 5.41) is 9.51. The Hall–Kier alpha value is -2.29. The van der Waals surface area contributed by atoms with Crippen molar-refractivity contribution in [1.82, 2.24) is 0 Å². The quantitative estimate of drug-likeness (QED) is 0.846. The Kier molecular flexibility index (Phi) is 4.18. The van der Waals surface area contributed by atoms with Crippen molar-refractivity contribution >= 4 is 11.9 Å². The Balaban J connectivity index is 2.17. The maximum absolute atomic E-state index is 9.51. The number of hydrogen-bond acceptors (Lipinski definition) is 3. The standard InChI is InChI=1S/C16H17NO2/c1-3-12-4-7-14(8-5-12)17-11-13-6-9-15(18)16(10-13)19-2/h4-11,18H,3H2,1-2H3. The summed E-state index contributed by atoms with van der Waals surface area (Å²) in [5.74, 6) is 0.581. The molecule has 1 N–H and O–H groups in total. The van der Waals surface area contributed by atoms with E-state index in [1.807, 2.05) is 12.1 Å². The molecule has 0 saturated heterocycles.